The summed E-state index contributed by atoms with van der Waals surface area (Å²) in [6.45, 7) is 3.21. The summed E-state index contributed by atoms with van der Waals surface area (Å²) in [5, 5.41) is 0. The molecule has 0 aliphatic carbocycles. The van der Waals surface area contributed by atoms with Crippen LogP contribution in [-0.2, 0) is 4.79 Å². The van der Waals surface area contributed by atoms with E-state index in [0.29, 0.717) is 0 Å². The molecule has 0 aromatic carbocycles. The maximum atomic E-state index is 10.8. The van der Waals surface area contributed by atoms with Crippen LogP contribution in [0.2, 0.25) is 0 Å². The molecule has 0 aromatic heterocycles. The molecule has 0 radical (unpaired) electrons. The van der Waals surface area contributed by atoms with Crippen LogP contribution in [0.4, 0.5) is 0 Å². The highest BCUT2D eigenvalue weighted by Crippen LogP contribution is 2.14. The van der Waals surface area contributed by atoms with Crippen molar-refractivity contribution in [2.75, 3.05) is 13.1 Å². The fraction of sp³-hybridized carbons (Fsp3) is 0.571. The van der Waals surface area contributed by atoms with Gasteiger partial charge in [-0.05, 0) is 6.42 Å². The smallest absolute Gasteiger partial charge is 0.219 e. The molecule has 0 spiro atoms. The van der Waals surface area contributed by atoms with E-state index < -0.39 is 0 Å². The lowest BCUT2D eigenvalue weighted by Crippen LogP contribution is -2.32. The van der Waals surface area contributed by atoms with Crippen LogP contribution >= 0.6 is 15.9 Å². The van der Waals surface area contributed by atoms with E-state index in [2.05, 4.69) is 22.0 Å². The van der Waals surface area contributed by atoms with Gasteiger partial charge >= 0.3 is 0 Å². The molecule has 56 valence electrons. The van der Waals surface area contributed by atoms with E-state index in [1.54, 1.807) is 6.92 Å². The molecule has 0 aromatic rings. The van der Waals surface area contributed by atoms with Crippen molar-refractivity contribution in [2.24, 2.45) is 0 Å². The second-order valence-electron chi connectivity index (χ2n) is 2.38. The zero-order valence-corrected chi connectivity index (χ0v) is 7.52. The molecular formula is C7H10BrNO. The number of amides is 1. The lowest BCUT2D eigenvalue weighted by molar-refractivity contribution is -0.128. The molecule has 1 aliphatic heterocycles. The van der Waals surface area contributed by atoms with Crippen LogP contribution in [0, 0.1) is 0 Å². The van der Waals surface area contributed by atoms with E-state index in [1.165, 1.54) is 0 Å². The van der Waals surface area contributed by atoms with Crippen LogP contribution < -0.4 is 0 Å². The van der Waals surface area contributed by atoms with Gasteiger partial charge in [0, 0.05) is 18.0 Å². The van der Waals surface area contributed by atoms with Crippen molar-refractivity contribution >= 4 is 21.8 Å². The Kier molecular flexibility index (Phi) is 2.49. The summed E-state index contributed by atoms with van der Waals surface area (Å²) in [5.41, 5.74) is 0. The van der Waals surface area contributed by atoms with Gasteiger partial charge < -0.3 is 4.90 Å². The predicted octanol–water partition coefficient (Wildman–Crippen LogP) is 1.52. The molecule has 3 heteroatoms. The van der Waals surface area contributed by atoms with Crippen molar-refractivity contribution in [2.45, 2.75) is 13.3 Å². The Hall–Kier alpha value is -0.310. The van der Waals surface area contributed by atoms with E-state index >= 15 is 0 Å². The molecule has 0 bridgehead atoms. The number of hydrogen-bond donors (Lipinski definition) is 0. The molecule has 0 atom stereocenters. The van der Waals surface area contributed by atoms with Gasteiger partial charge in [-0.2, -0.15) is 0 Å². The molecule has 1 aliphatic rings. The summed E-state index contributed by atoms with van der Waals surface area (Å²) in [5.74, 6) is 0.157. The zero-order chi connectivity index (χ0) is 7.56. The molecule has 1 heterocycles. The molecule has 2 nitrogen and oxygen atoms in total. The lowest BCUT2D eigenvalue weighted by Gasteiger charge is -2.23. The highest BCUT2D eigenvalue weighted by Gasteiger charge is 2.12. The first-order valence-electron chi connectivity index (χ1n) is 3.30. The van der Waals surface area contributed by atoms with Gasteiger partial charge in [0.1, 0.15) is 0 Å². The van der Waals surface area contributed by atoms with Crippen LogP contribution in [0.5, 0.6) is 0 Å². The summed E-state index contributed by atoms with van der Waals surface area (Å²) >= 11 is 3.36. The quantitative estimate of drug-likeness (QED) is 0.585. The van der Waals surface area contributed by atoms with Gasteiger partial charge in [0.25, 0.3) is 0 Å². The van der Waals surface area contributed by atoms with Crippen LogP contribution in [-0.4, -0.2) is 23.9 Å². The standard InChI is InChI=1S/C7H10BrNO/c1-6(10)9-4-2-3-7(8)5-9/h3H,2,4-5H2,1H3. The number of nitrogens with zero attached hydrogens (tertiary/aromatic N) is 1. The topological polar surface area (TPSA) is 20.3 Å². The first-order valence-corrected chi connectivity index (χ1v) is 4.09. The second kappa shape index (κ2) is 3.19. The largest absolute Gasteiger partial charge is 0.338 e. The number of carbonyl (C=O) groups excluding carboxylic acids is 1. The van der Waals surface area contributed by atoms with Crippen molar-refractivity contribution in [1.82, 2.24) is 4.90 Å². The number of carbonyl (C=O) groups is 1. The number of hydrogen-bond acceptors (Lipinski definition) is 1. The minimum absolute atomic E-state index is 0.157. The SMILES string of the molecule is CC(=O)N1CCC=C(Br)C1. The highest BCUT2D eigenvalue weighted by molar-refractivity contribution is 9.11. The Morgan fingerprint density at radius 3 is 2.90 bits per heavy atom. The summed E-state index contributed by atoms with van der Waals surface area (Å²) in [7, 11) is 0. The molecule has 0 saturated heterocycles. The fourth-order valence-electron chi connectivity index (χ4n) is 0.972. The van der Waals surface area contributed by atoms with Crippen molar-refractivity contribution in [3.8, 4) is 0 Å². The minimum atomic E-state index is 0.157. The fourth-order valence-corrected chi connectivity index (χ4v) is 1.50. The summed E-state index contributed by atoms with van der Waals surface area (Å²) in [4.78, 5) is 12.6. The van der Waals surface area contributed by atoms with Gasteiger partial charge in [0.15, 0.2) is 0 Å². The van der Waals surface area contributed by atoms with Gasteiger partial charge in [-0.1, -0.05) is 22.0 Å². The Bertz CT molecular complexity index is 176. The Balaban J connectivity index is 2.53. The van der Waals surface area contributed by atoms with Gasteiger partial charge in [0.2, 0.25) is 5.91 Å². The lowest BCUT2D eigenvalue weighted by atomic mass is 10.2. The molecule has 1 rings (SSSR count). The van der Waals surface area contributed by atoms with Crippen molar-refractivity contribution in [1.29, 1.82) is 0 Å². The average Bonchev–Trinajstić information content (AvgIpc) is 1.88. The molecular weight excluding hydrogens is 194 g/mol. The number of halogens is 1. The van der Waals surface area contributed by atoms with Crippen LogP contribution in [0.3, 0.4) is 0 Å². The molecule has 0 saturated carbocycles. The van der Waals surface area contributed by atoms with Crippen LogP contribution in [0.25, 0.3) is 0 Å². The highest BCUT2D eigenvalue weighted by atomic mass is 79.9. The van der Waals surface area contributed by atoms with Crippen molar-refractivity contribution < 1.29 is 4.79 Å². The normalized spacial score (nSPS) is 18.6. The maximum absolute atomic E-state index is 10.8. The minimum Gasteiger partial charge on any atom is -0.338 e. The van der Waals surface area contributed by atoms with Crippen molar-refractivity contribution in [3.05, 3.63) is 10.6 Å². The Morgan fingerprint density at radius 2 is 2.50 bits per heavy atom. The second-order valence-corrected chi connectivity index (χ2v) is 3.40. The summed E-state index contributed by atoms with van der Waals surface area (Å²) in [6, 6.07) is 0. The van der Waals surface area contributed by atoms with E-state index in [0.717, 1.165) is 24.0 Å². The third-order valence-corrected chi connectivity index (χ3v) is 2.13. The molecule has 0 N–H and O–H groups in total. The summed E-state index contributed by atoms with van der Waals surface area (Å²) < 4.78 is 1.12. The van der Waals surface area contributed by atoms with Crippen LogP contribution in [0.15, 0.2) is 10.6 Å². The molecule has 0 fully saturated rings. The first-order chi connectivity index (χ1) is 4.70. The monoisotopic (exact) mass is 203 g/mol. The summed E-state index contributed by atoms with van der Waals surface area (Å²) in [6.07, 6.45) is 3.08. The Morgan fingerprint density at radius 1 is 1.80 bits per heavy atom. The van der Waals surface area contributed by atoms with E-state index in [-0.39, 0.29) is 5.91 Å². The van der Waals surface area contributed by atoms with Gasteiger partial charge in [0.05, 0.1) is 6.54 Å². The predicted molar refractivity (Wildman–Crippen MR) is 43.9 cm³/mol. The van der Waals surface area contributed by atoms with Crippen molar-refractivity contribution in [3.63, 3.8) is 0 Å². The zero-order valence-electron chi connectivity index (χ0n) is 5.93. The maximum Gasteiger partial charge on any atom is 0.219 e. The van der Waals surface area contributed by atoms with Gasteiger partial charge in [-0.25, -0.2) is 0 Å². The van der Waals surface area contributed by atoms with Crippen LogP contribution in [0.1, 0.15) is 13.3 Å². The third-order valence-electron chi connectivity index (χ3n) is 1.55. The first kappa shape index (κ1) is 7.79. The van der Waals surface area contributed by atoms with E-state index in [9.17, 15) is 4.79 Å². The van der Waals surface area contributed by atoms with Gasteiger partial charge in [-0.3, -0.25) is 4.79 Å². The average molecular weight is 204 g/mol. The van der Waals surface area contributed by atoms with E-state index in [4.69, 9.17) is 0 Å². The molecule has 0 unspecified atom stereocenters. The third kappa shape index (κ3) is 1.84. The van der Waals surface area contributed by atoms with Gasteiger partial charge in [-0.15, -0.1) is 0 Å². The van der Waals surface area contributed by atoms with E-state index in [1.807, 2.05) is 4.90 Å². The number of rotatable bonds is 0. The Labute approximate surface area is 69.0 Å². The molecule has 10 heavy (non-hydrogen) atoms. The molecule has 1 amide bonds.